The van der Waals surface area contributed by atoms with Crippen molar-refractivity contribution in [1.29, 1.82) is 0 Å². The van der Waals surface area contributed by atoms with Gasteiger partial charge in [-0.2, -0.15) is 4.80 Å². The molecule has 5 heteroatoms. The number of hydrogen-bond acceptors (Lipinski definition) is 4. The first kappa shape index (κ1) is 10.5. The Morgan fingerprint density at radius 1 is 1.47 bits per heavy atom. The first-order chi connectivity index (χ1) is 7.24. The molecule has 0 spiro atoms. The number of hydrogen-bond donors (Lipinski definition) is 1. The van der Waals surface area contributed by atoms with Gasteiger partial charge in [0.2, 0.25) is 0 Å². The molecule has 1 aromatic rings. The molecule has 1 saturated carbocycles. The first-order valence-electron chi connectivity index (χ1n) is 5.68. The molecule has 1 N–H and O–H groups in total. The zero-order valence-corrected chi connectivity index (χ0v) is 9.53. The quantitative estimate of drug-likeness (QED) is 0.755. The van der Waals surface area contributed by atoms with Crippen molar-refractivity contribution in [3.05, 3.63) is 5.82 Å². The monoisotopic (exact) mass is 209 g/mol. The molecule has 0 bridgehead atoms. The van der Waals surface area contributed by atoms with Crippen LogP contribution in [0.15, 0.2) is 0 Å². The van der Waals surface area contributed by atoms with Gasteiger partial charge < -0.3 is 5.32 Å². The Morgan fingerprint density at radius 2 is 2.27 bits per heavy atom. The van der Waals surface area contributed by atoms with E-state index < -0.39 is 0 Å². The number of nitrogens with zero attached hydrogens (tertiary/aromatic N) is 4. The van der Waals surface area contributed by atoms with Crippen LogP contribution < -0.4 is 5.32 Å². The van der Waals surface area contributed by atoms with Crippen molar-refractivity contribution in [2.24, 2.45) is 12.5 Å². The molecule has 0 aromatic carbocycles. The highest BCUT2D eigenvalue weighted by molar-refractivity contribution is 4.94. The Kier molecular flexibility index (Phi) is 3.00. The third kappa shape index (κ3) is 2.75. The van der Waals surface area contributed by atoms with Crippen LogP contribution in [0.3, 0.4) is 0 Å². The van der Waals surface area contributed by atoms with Gasteiger partial charge in [0.15, 0.2) is 5.82 Å². The van der Waals surface area contributed by atoms with Gasteiger partial charge in [0, 0.05) is 6.54 Å². The number of tetrazole rings is 1. The van der Waals surface area contributed by atoms with E-state index in [4.69, 9.17) is 0 Å². The summed E-state index contributed by atoms with van der Waals surface area (Å²) in [7, 11) is 1.79. The highest BCUT2D eigenvalue weighted by Crippen LogP contribution is 2.48. The lowest BCUT2D eigenvalue weighted by molar-refractivity contribution is 0.417. The number of nitrogens with one attached hydrogen (secondary N) is 1. The summed E-state index contributed by atoms with van der Waals surface area (Å²) < 4.78 is 0. The predicted octanol–water partition coefficient (Wildman–Crippen LogP) is 0.880. The molecule has 5 nitrogen and oxygen atoms in total. The molecule has 84 valence electrons. The average molecular weight is 209 g/mol. The molecule has 0 saturated heterocycles. The molecular weight excluding hydrogens is 190 g/mol. The van der Waals surface area contributed by atoms with Crippen molar-refractivity contribution in [3.63, 3.8) is 0 Å². The lowest BCUT2D eigenvalue weighted by Crippen LogP contribution is -2.24. The van der Waals surface area contributed by atoms with Crippen LogP contribution in [-0.4, -0.2) is 26.8 Å². The lowest BCUT2D eigenvalue weighted by atomic mass is 10.0. The predicted molar refractivity (Wildman–Crippen MR) is 57.1 cm³/mol. The lowest BCUT2D eigenvalue weighted by Gasteiger charge is -2.13. The molecule has 1 heterocycles. The van der Waals surface area contributed by atoms with Crippen molar-refractivity contribution >= 4 is 0 Å². The molecule has 15 heavy (non-hydrogen) atoms. The largest absolute Gasteiger partial charge is 0.309 e. The van der Waals surface area contributed by atoms with Crippen LogP contribution in [0.1, 0.15) is 38.4 Å². The minimum absolute atomic E-state index is 0.594. The highest BCUT2D eigenvalue weighted by Gasteiger charge is 2.40. The van der Waals surface area contributed by atoms with Crippen LogP contribution in [-0.2, 0) is 13.6 Å². The van der Waals surface area contributed by atoms with Crippen LogP contribution >= 0.6 is 0 Å². The Labute approximate surface area is 90.2 Å². The Hall–Kier alpha value is -0.970. The maximum Gasteiger partial charge on any atom is 0.188 e. The third-order valence-corrected chi connectivity index (χ3v) is 3.07. The van der Waals surface area contributed by atoms with Gasteiger partial charge in [0.05, 0.1) is 13.6 Å². The van der Waals surface area contributed by atoms with Gasteiger partial charge >= 0.3 is 0 Å². The van der Waals surface area contributed by atoms with Gasteiger partial charge in [0.1, 0.15) is 0 Å². The molecule has 0 radical (unpaired) electrons. The van der Waals surface area contributed by atoms with E-state index in [1.165, 1.54) is 30.5 Å². The molecule has 2 rings (SSSR count). The van der Waals surface area contributed by atoms with Gasteiger partial charge in [-0.25, -0.2) is 0 Å². The highest BCUT2D eigenvalue weighted by atomic mass is 15.6. The molecule has 1 fully saturated rings. The normalized spacial score (nSPS) is 18.0. The minimum atomic E-state index is 0.594. The Morgan fingerprint density at radius 3 is 2.80 bits per heavy atom. The summed E-state index contributed by atoms with van der Waals surface area (Å²) in [5, 5.41) is 15.3. The maximum atomic E-state index is 4.13. The van der Waals surface area contributed by atoms with Crippen LogP contribution in [0.4, 0.5) is 0 Å². The van der Waals surface area contributed by atoms with Crippen molar-refractivity contribution in [3.8, 4) is 0 Å². The smallest absolute Gasteiger partial charge is 0.188 e. The molecular formula is C10H19N5. The molecule has 0 unspecified atom stereocenters. The van der Waals surface area contributed by atoms with Crippen molar-refractivity contribution < 1.29 is 0 Å². The second-order valence-electron chi connectivity index (χ2n) is 4.55. The van der Waals surface area contributed by atoms with Crippen LogP contribution in [0.5, 0.6) is 0 Å². The summed E-state index contributed by atoms with van der Waals surface area (Å²) >= 11 is 0. The van der Waals surface area contributed by atoms with Gasteiger partial charge in [0.25, 0.3) is 0 Å². The summed E-state index contributed by atoms with van der Waals surface area (Å²) in [6.45, 7) is 4.09. The zero-order valence-electron chi connectivity index (χ0n) is 9.53. The molecule has 0 atom stereocenters. The topological polar surface area (TPSA) is 55.6 Å². The summed E-state index contributed by atoms with van der Waals surface area (Å²) in [6, 6.07) is 0. The summed E-state index contributed by atoms with van der Waals surface area (Å²) in [5.41, 5.74) is 0.594. The fourth-order valence-electron chi connectivity index (χ4n) is 2.06. The van der Waals surface area contributed by atoms with E-state index in [0.29, 0.717) is 5.41 Å². The van der Waals surface area contributed by atoms with Gasteiger partial charge in [-0.1, -0.05) is 13.3 Å². The van der Waals surface area contributed by atoms with Crippen LogP contribution in [0, 0.1) is 5.41 Å². The Balaban J connectivity index is 1.71. The summed E-state index contributed by atoms with van der Waals surface area (Å²) in [4.78, 5) is 1.50. The van der Waals surface area contributed by atoms with E-state index in [1.807, 2.05) is 0 Å². The average Bonchev–Trinajstić information content (AvgIpc) is 2.83. The molecule has 1 aromatic heterocycles. The molecule has 0 amide bonds. The van der Waals surface area contributed by atoms with Gasteiger partial charge in [-0.3, -0.25) is 0 Å². The Bertz CT molecular complexity index is 315. The van der Waals surface area contributed by atoms with E-state index in [9.17, 15) is 0 Å². The molecule has 1 aliphatic rings. The van der Waals surface area contributed by atoms with Crippen molar-refractivity contribution in [2.45, 2.75) is 39.2 Å². The van der Waals surface area contributed by atoms with Crippen molar-refractivity contribution in [1.82, 2.24) is 25.5 Å². The van der Waals surface area contributed by atoms with Gasteiger partial charge in [-0.15, -0.1) is 10.2 Å². The fraction of sp³-hybridized carbons (Fsp3) is 0.900. The van der Waals surface area contributed by atoms with Crippen LogP contribution in [0.25, 0.3) is 0 Å². The fourth-order valence-corrected chi connectivity index (χ4v) is 2.06. The zero-order chi connectivity index (χ0) is 10.7. The minimum Gasteiger partial charge on any atom is -0.309 e. The van der Waals surface area contributed by atoms with Crippen molar-refractivity contribution in [2.75, 3.05) is 6.54 Å². The second-order valence-corrected chi connectivity index (χ2v) is 4.55. The number of aryl methyl sites for hydroxylation is 1. The van der Waals surface area contributed by atoms with E-state index in [0.717, 1.165) is 18.9 Å². The van der Waals surface area contributed by atoms with Gasteiger partial charge in [-0.05, 0) is 29.9 Å². The summed E-state index contributed by atoms with van der Waals surface area (Å²) in [6.07, 6.45) is 5.38. The number of aromatic nitrogens is 4. The first-order valence-corrected chi connectivity index (χ1v) is 5.68. The number of rotatable bonds is 6. The maximum absolute atomic E-state index is 4.13. The summed E-state index contributed by atoms with van der Waals surface area (Å²) in [5.74, 6) is 0.782. The second kappa shape index (κ2) is 4.26. The SMILES string of the molecule is CCCC1(CNCc2nnn(C)n2)CC1. The molecule has 1 aliphatic carbocycles. The van der Waals surface area contributed by atoms with Crippen LogP contribution in [0.2, 0.25) is 0 Å². The van der Waals surface area contributed by atoms with E-state index in [2.05, 4.69) is 27.7 Å². The molecule has 0 aliphatic heterocycles. The van der Waals surface area contributed by atoms with E-state index >= 15 is 0 Å². The van der Waals surface area contributed by atoms with E-state index in [-0.39, 0.29) is 0 Å². The third-order valence-electron chi connectivity index (χ3n) is 3.07. The standard InChI is InChI=1S/C10H19N5/c1-3-4-10(5-6-10)8-11-7-9-12-14-15(2)13-9/h11H,3-8H2,1-2H3. The van der Waals surface area contributed by atoms with E-state index in [1.54, 1.807) is 7.05 Å².